The Balaban J connectivity index is 0. The molecule has 0 aliphatic heterocycles. The molecule has 2 nitrogen and oxygen atoms in total. The Labute approximate surface area is 121 Å². The third-order valence-corrected chi connectivity index (χ3v) is 3.09. The summed E-state index contributed by atoms with van der Waals surface area (Å²) in [5.41, 5.74) is 0. The van der Waals surface area contributed by atoms with Crippen molar-refractivity contribution in [2.75, 3.05) is 6.54 Å². The molecule has 1 unspecified atom stereocenters. The fourth-order valence-electron chi connectivity index (χ4n) is 1.67. The molecule has 0 aliphatic rings. The van der Waals surface area contributed by atoms with Gasteiger partial charge in [-0.25, -0.2) is 0 Å². The third-order valence-electron chi connectivity index (χ3n) is 3.09. The minimum absolute atomic E-state index is 0.297. The van der Waals surface area contributed by atoms with E-state index in [1.165, 1.54) is 51.4 Å². The van der Waals surface area contributed by atoms with E-state index in [1.54, 1.807) is 0 Å². The molecule has 0 saturated carbocycles. The quantitative estimate of drug-likeness (QED) is 0.296. The summed E-state index contributed by atoms with van der Waals surface area (Å²) in [4.78, 5) is 0. The molecule has 0 amide bonds. The lowest BCUT2D eigenvalue weighted by molar-refractivity contribution is 0.133. The van der Waals surface area contributed by atoms with Crippen molar-refractivity contribution in [2.24, 2.45) is 0 Å². The van der Waals surface area contributed by atoms with Crippen LogP contribution < -0.4 is 5.32 Å². The van der Waals surface area contributed by atoms with Crippen molar-refractivity contribution in [3.63, 3.8) is 0 Å². The lowest BCUT2D eigenvalue weighted by Gasteiger charge is -2.09. The van der Waals surface area contributed by atoms with Gasteiger partial charge < -0.3 is 5.11 Å². The van der Waals surface area contributed by atoms with Gasteiger partial charge in [0.25, 0.3) is 0 Å². The van der Waals surface area contributed by atoms with Crippen LogP contribution in [-0.4, -0.2) is 17.9 Å². The van der Waals surface area contributed by atoms with Crippen LogP contribution in [0.5, 0.6) is 0 Å². The standard InChI is InChI=1S/C13H29NO.C4H8/c1-3-5-6-7-8-9-10-11-12-14-13(15)4-2;1-3-4-2/h13-15H,3-12H2,1-2H3;3H,1,4H2,2H3. The minimum Gasteiger partial charge on any atom is -0.379 e. The molecule has 2 heteroatoms. The van der Waals surface area contributed by atoms with Gasteiger partial charge in [-0.3, -0.25) is 5.32 Å². The number of aliphatic hydroxyl groups excluding tert-OH is 1. The van der Waals surface area contributed by atoms with Crippen LogP contribution in [0.1, 0.15) is 85.0 Å². The molecule has 116 valence electrons. The number of unbranched alkanes of at least 4 members (excludes halogenated alkanes) is 7. The van der Waals surface area contributed by atoms with E-state index >= 15 is 0 Å². The summed E-state index contributed by atoms with van der Waals surface area (Å²) >= 11 is 0. The zero-order valence-electron chi connectivity index (χ0n) is 13.6. The van der Waals surface area contributed by atoms with Gasteiger partial charge in [0.05, 0.1) is 0 Å². The van der Waals surface area contributed by atoms with Gasteiger partial charge in [0.1, 0.15) is 6.23 Å². The predicted molar refractivity (Wildman–Crippen MR) is 87.4 cm³/mol. The Kier molecular flexibility index (Phi) is 22.1. The Morgan fingerprint density at radius 3 is 1.84 bits per heavy atom. The van der Waals surface area contributed by atoms with E-state index < -0.39 is 0 Å². The maximum Gasteiger partial charge on any atom is 0.104 e. The number of aliphatic hydroxyl groups is 1. The van der Waals surface area contributed by atoms with E-state index in [2.05, 4.69) is 25.7 Å². The summed E-state index contributed by atoms with van der Waals surface area (Å²) in [6.07, 6.45) is 14.2. The van der Waals surface area contributed by atoms with Gasteiger partial charge in [-0.1, -0.05) is 71.8 Å². The molecule has 0 rings (SSSR count). The Bertz CT molecular complexity index is 159. The Morgan fingerprint density at radius 1 is 0.947 bits per heavy atom. The van der Waals surface area contributed by atoms with Gasteiger partial charge in [-0.15, -0.1) is 6.58 Å². The summed E-state index contributed by atoms with van der Waals surface area (Å²) in [7, 11) is 0. The Hall–Kier alpha value is -0.340. The number of rotatable bonds is 12. The zero-order chi connectivity index (χ0) is 14.8. The van der Waals surface area contributed by atoms with Crippen molar-refractivity contribution in [2.45, 2.75) is 91.2 Å². The second-order valence-corrected chi connectivity index (χ2v) is 5.05. The SMILES string of the molecule is C=CCC.CCCCCCCCCCNC(O)CC. The topological polar surface area (TPSA) is 32.3 Å². The molecule has 0 aliphatic carbocycles. The van der Waals surface area contributed by atoms with Gasteiger partial charge in [-0.2, -0.15) is 0 Å². The molecule has 0 aromatic rings. The summed E-state index contributed by atoms with van der Waals surface area (Å²) in [5, 5.41) is 12.3. The highest BCUT2D eigenvalue weighted by atomic mass is 16.3. The lowest BCUT2D eigenvalue weighted by atomic mass is 10.1. The van der Waals surface area contributed by atoms with Crippen molar-refractivity contribution >= 4 is 0 Å². The van der Waals surface area contributed by atoms with Crippen molar-refractivity contribution in [1.82, 2.24) is 5.32 Å². The largest absolute Gasteiger partial charge is 0.379 e. The van der Waals surface area contributed by atoms with Gasteiger partial charge in [0.15, 0.2) is 0 Å². The first-order valence-electron chi connectivity index (χ1n) is 8.25. The fraction of sp³-hybridized carbons (Fsp3) is 0.882. The van der Waals surface area contributed by atoms with Crippen LogP contribution in [0, 0.1) is 0 Å². The molecule has 0 bridgehead atoms. The molecule has 0 radical (unpaired) electrons. The molecular formula is C17H37NO. The van der Waals surface area contributed by atoms with Gasteiger partial charge in [-0.05, 0) is 25.8 Å². The molecule has 0 spiro atoms. The number of nitrogens with one attached hydrogen (secondary N) is 1. The Morgan fingerprint density at radius 2 is 1.42 bits per heavy atom. The summed E-state index contributed by atoms with van der Waals surface area (Å²) in [5.74, 6) is 0. The van der Waals surface area contributed by atoms with Crippen LogP contribution in [-0.2, 0) is 0 Å². The average molecular weight is 271 g/mol. The zero-order valence-corrected chi connectivity index (χ0v) is 13.6. The number of allylic oxidation sites excluding steroid dienone is 1. The maximum atomic E-state index is 9.25. The van der Waals surface area contributed by atoms with E-state index in [1.807, 2.05) is 13.0 Å². The van der Waals surface area contributed by atoms with E-state index in [0.717, 1.165) is 19.4 Å². The molecule has 1 atom stereocenters. The van der Waals surface area contributed by atoms with E-state index in [0.29, 0.717) is 0 Å². The molecule has 2 N–H and O–H groups in total. The van der Waals surface area contributed by atoms with E-state index in [-0.39, 0.29) is 6.23 Å². The second kappa shape index (κ2) is 20.0. The molecule has 0 fully saturated rings. The second-order valence-electron chi connectivity index (χ2n) is 5.05. The van der Waals surface area contributed by atoms with Crippen molar-refractivity contribution in [3.8, 4) is 0 Å². The normalized spacial score (nSPS) is 11.6. The van der Waals surface area contributed by atoms with E-state index in [4.69, 9.17) is 0 Å². The highest BCUT2D eigenvalue weighted by Crippen LogP contribution is 2.07. The summed E-state index contributed by atoms with van der Waals surface area (Å²) in [6.45, 7) is 10.8. The van der Waals surface area contributed by atoms with Crippen molar-refractivity contribution in [1.29, 1.82) is 0 Å². The summed E-state index contributed by atoms with van der Waals surface area (Å²) in [6, 6.07) is 0. The highest BCUT2D eigenvalue weighted by Gasteiger charge is 1.97. The average Bonchev–Trinajstić information content (AvgIpc) is 2.45. The van der Waals surface area contributed by atoms with Crippen LogP contribution in [0.2, 0.25) is 0 Å². The maximum absolute atomic E-state index is 9.25. The fourth-order valence-corrected chi connectivity index (χ4v) is 1.67. The van der Waals surface area contributed by atoms with Gasteiger partial charge in [0, 0.05) is 0 Å². The van der Waals surface area contributed by atoms with Crippen LogP contribution in [0.15, 0.2) is 12.7 Å². The molecule has 0 heterocycles. The number of hydrogen-bond acceptors (Lipinski definition) is 2. The molecule has 19 heavy (non-hydrogen) atoms. The first-order valence-corrected chi connectivity index (χ1v) is 8.25. The van der Waals surface area contributed by atoms with Gasteiger partial charge in [0.2, 0.25) is 0 Å². The van der Waals surface area contributed by atoms with Crippen LogP contribution >= 0.6 is 0 Å². The van der Waals surface area contributed by atoms with Gasteiger partial charge >= 0.3 is 0 Å². The number of hydrogen-bond donors (Lipinski definition) is 2. The van der Waals surface area contributed by atoms with Crippen molar-refractivity contribution in [3.05, 3.63) is 12.7 Å². The monoisotopic (exact) mass is 271 g/mol. The molecule has 0 aromatic carbocycles. The lowest BCUT2D eigenvalue weighted by Crippen LogP contribution is -2.28. The third kappa shape index (κ3) is 23.2. The minimum atomic E-state index is -0.297. The van der Waals surface area contributed by atoms with Crippen LogP contribution in [0.4, 0.5) is 0 Å². The highest BCUT2D eigenvalue weighted by molar-refractivity contribution is 4.60. The first-order chi connectivity index (χ1) is 9.22. The molecule has 0 saturated heterocycles. The smallest absolute Gasteiger partial charge is 0.104 e. The van der Waals surface area contributed by atoms with E-state index in [9.17, 15) is 5.11 Å². The van der Waals surface area contributed by atoms with Crippen LogP contribution in [0.25, 0.3) is 0 Å². The molecular weight excluding hydrogens is 234 g/mol. The summed E-state index contributed by atoms with van der Waals surface area (Å²) < 4.78 is 0. The van der Waals surface area contributed by atoms with Crippen molar-refractivity contribution < 1.29 is 5.11 Å². The molecule has 0 aromatic heterocycles. The first kappa shape index (κ1) is 21.0. The van der Waals surface area contributed by atoms with Crippen LogP contribution in [0.3, 0.4) is 0 Å². The predicted octanol–water partition coefficient (Wildman–Crippen LogP) is 5.03.